The molecule has 24 heavy (non-hydrogen) atoms. The standard InChI is InChI=1S/C20H19N4/c1-16-9-8-12-18(15-16)22-24(19-13-6-3-7-14-19)23-20(21)17-10-4-2-5-11-17/h2-15H,1H3,(H2,21,23)/q-1. The van der Waals surface area contributed by atoms with Crippen LogP contribution < -0.4 is 10.9 Å². The fourth-order valence-electron chi connectivity index (χ4n) is 2.27. The zero-order valence-electron chi connectivity index (χ0n) is 13.5. The second-order valence-electron chi connectivity index (χ2n) is 5.42. The molecular weight excluding hydrogens is 296 g/mol. The van der Waals surface area contributed by atoms with Crippen molar-refractivity contribution in [1.82, 2.24) is 0 Å². The lowest BCUT2D eigenvalue weighted by Gasteiger charge is -2.35. The van der Waals surface area contributed by atoms with Crippen LogP contribution in [0.3, 0.4) is 0 Å². The van der Waals surface area contributed by atoms with Crippen LogP contribution >= 0.6 is 0 Å². The van der Waals surface area contributed by atoms with Crippen LogP contribution in [0.4, 0.5) is 11.4 Å². The summed E-state index contributed by atoms with van der Waals surface area (Å²) in [6.45, 7) is 2.04. The predicted molar refractivity (Wildman–Crippen MR) is 100 cm³/mol. The van der Waals surface area contributed by atoms with Gasteiger partial charge in [-0.25, -0.2) is 0 Å². The molecule has 0 spiro atoms. The third-order valence-corrected chi connectivity index (χ3v) is 3.47. The monoisotopic (exact) mass is 315 g/mol. The van der Waals surface area contributed by atoms with E-state index in [9.17, 15) is 0 Å². The fraction of sp³-hybridized carbons (Fsp3) is 0.0500. The third-order valence-electron chi connectivity index (χ3n) is 3.47. The highest BCUT2D eigenvalue weighted by Crippen LogP contribution is 2.27. The topological polar surface area (TPSA) is 55.7 Å². The van der Waals surface area contributed by atoms with Gasteiger partial charge in [0.05, 0.1) is 0 Å². The van der Waals surface area contributed by atoms with E-state index in [1.165, 1.54) is 0 Å². The molecule has 0 radical (unpaired) electrons. The summed E-state index contributed by atoms with van der Waals surface area (Å²) in [5.74, 6) is 0.413. The number of para-hydroxylation sites is 1. The molecule has 0 heterocycles. The van der Waals surface area contributed by atoms with Crippen LogP contribution in [0, 0.1) is 6.92 Å². The van der Waals surface area contributed by atoms with Crippen LogP contribution in [0.25, 0.3) is 5.43 Å². The summed E-state index contributed by atoms with van der Waals surface area (Å²) in [6, 6.07) is 27.4. The largest absolute Gasteiger partial charge is 0.572 e. The average Bonchev–Trinajstić information content (AvgIpc) is 2.63. The minimum absolute atomic E-state index is 0.413. The third kappa shape index (κ3) is 3.93. The summed E-state index contributed by atoms with van der Waals surface area (Å²) in [5.41, 5.74) is 14.5. The molecule has 0 amide bonds. The predicted octanol–water partition coefficient (Wildman–Crippen LogP) is 4.74. The molecule has 0 saturated heterocycles. The van der Waals surface area contributed by atoms with E-state index < -0.39 is 0 Å². The van der Waals surface area contributed by atoms with Crippen molar-refractivity contribution in [3.63, 3.8) is 0 Å². The molecule has 3 rings (SSSR count). The van der Waals surface area contributed by atoms with E-state index in [1.807, 2.05) is 91.9 Å². The Hall–Kier alpha value is -3.27. The summed E-state index contributed by atoms with van der Waals surface area (Å²) < 4.78 is 0. The van der Waals surface area contributed by atoms with Crippen molar-refractivity contribution in [2.75, 3.05) is 5.12 Å². The molecular formula is C20H19N4-. The summed E-state index contributed by atoms with van der Waals surface area (Å²) in [4.78, 5) is 0. The van der Waals surface area contributed by atoms with Crippen molar-refractivity contribution < 1.29 is 0 Å². The molecule has 120 valence electrons. The number of aryl methyl sites for hydroxylation is 1. The molecule has 0 bridgehead atoms. The second-order valence-corrected chi connectivity index (χ2v) is 5.42. The number of hydrogen-bond donors (Lipinski definition) is 1. The first kappa shape index (κ1) is 15.6. The van der Waals surface area contributed by atoms with Crippen LogP contribution in [0.1, 0.15) is 11.1 Å². The smallest absolute Gasteiger partial charge is 0.149 e. The average molecular weight is 315 g/mol. The van der Waals surface area contributed by atoms with Crippen molar-refractivity contribution in [1.29, 1.82) is 0 Å². The van der Waals surface area contributed by atoms with Crippen LogP contribution in [0.15, 0.2) is 90.0 Å². The molecule has 0 unspecified atom stereocenters. The summed E-state index contributed by atoms with van der Waals surface area (Å²) in [7, 11) is 0. The van der Waals surface area contributed by atoms with Gasteiger partial charge in [-0.15, -0.1) is 5.69 Å². The highest BCUT2D eigenvalue weighted by Gasteiger charge is 2.00. The van der Waals surface area contributed by atoms with E-state index in [1.54, 1.807) is 5.12 Å². The molecule has 0 aliphatic carbocycles. The maximum Gasteiger partial charge on any atom is 0.149 e. The Morgan fingerprint density at radius 1 is 0.875 bits per heavy atom. The van der Waals surface area contributed by atoms with Crippen LogP contribution in [-0.2, 0) is 0 Å². The summed E-state index contributed by atoms with van der Waals surface area (Å²) in [5, 5.41) is 6.07. The van der Waals surface area contributed by atoms with E-state index in [0.717, 1.165) is 22.5 Å². The Bertz CT molecular complexity index is 813. The van der Waals surface area contributed by atoms with Crippen LogP contribution in [0.5, 0.6) is 0 Å². The first-order valence-electron chi connectivity index (χ1n) is 7.75. The highest BCUT2D eigenvalue weighted by atomic mass is 15.7. The Morgan fingerprint density at radius 3 is 2.21 bits per heavy atom. The SMILES string of the molecule is Cc1cccc([N-]N(N=C(N)c2ccccc2)c2ccccc2)c1. The number of hydrazone groups is 1. The van der Waals surface area contributed by atoms with Crippen LogP contribution in [0.2, 0.25) is 0 Å². The van der Waals surface area contributed by atoms with Crippen molar-refractivity contribution >= 4 is 17.2 Å². The zero-order chi connectivity index (χ0) is 16.8. The van der Waals surface area contributed by atoms with Gasteiger partial charge in [0.1, 0.15) is 5.84 Å². The van der Waals surface area contributed by atoms with Crippen LogP contribution in [-0.4, -0.2) is 5.84 Å². The number of nitrogens with two attached hydrogens (primary N) is 1. The maximum absolute atomic E-state index is 6.17. The normalized spacial score (nSPS) is 11.1. The van der Waals surface area contributed by atoms with E-state index in [-0.39, 0.29) is 0 Å². The molecule has 3 aromatic carbocycles. The second kappa shape index (κ2) is 7.33. The molecule has 2 N–H and O–H groups in total. The van der Waals surface area contributed by atoms with Gasteiger partial charge in [0, 0.05) is 11.3 Å². The maximum atomic E-state index is 6.17. The van der Waals surface area contributed by atoms with Gasteiger partial charge in [0.2, 0.25) is 0 Å². The molecule has 0 aliphatic heterocycles. The molecule has 3 aromatic rings. The van der Waals surface area contributed by atoms with Gasteiger partial charge >= 0.3 is 0 Å². The number of benzene rings is 3. The van der Waals surface area contributed by atoms with Gasteiger partial charge in [0.15, 0.2) is 0 Å². The first-order chi connectivity index (χ1) is 11.7. The Morgan fingerprint density at radius 2 is 1.54 bits per heavy atom. The van der Waals surface area contributed by atoms with Gasteiger partial charge in [-0.2, -0.15) is 5.10 Å². The van der Waals surface area contributed by atoms with E-state index in [4.69, 9.17) is 5.73 Å². The van der Waals surface area contributed by atoms with Gasteiger partial charge < -0.3 is 16.3 Å². The molecule has 0 atom stereocenters. The zero-order valence-corrected chi connectivity index (χ0v) is 13.5. The summed E-state index contributed by atoms with van der Waals surface area (Å²) in [6.07, 6.45) is 0. The fourth-order valence-corrected chi connectivity index (χ4v) is 2.27. The first-order valence-corrected chi connectivity index (χ1v) is 7.75. The van der Waals surface area contributed by atoms with E-state index in [2.05, 4.69) is 10.5 Å². The lowest BCUT2D eigenvalue weighted by molar-refractivity contribution is 1.03. The van der Waals surface area contributed by atoms with E-state index >= 15 is 0 Å². The quantitative estimate of drug-likeness (QED) is 0.420. The molecule has 0 aromatic heterocycles. The number of amidine groups is 1. The lowest BCUT2D eigenvalue weighted by Crippen LogP contribution is -2.20. The molecule has 0 fully saturated rings. The number of rotatable bonds is 5. The molecule has 0 aliphatic rings. The Kier molecular flexibility index (Phi) is 4.77. The van der Waals surface area contributed by atoms with Gasteiger partial charge in [0.25, 0.3) is 0 Å². The molecule has 4 nitrogen and oxygen atoms in total. The lowest BCUT2D eigenvalue weighted by atomic mass is 10.2. The highest BCUT2D eigenvalue weighted by molar-refractivity contribution is 5.98. The van der Waals surface area contributed by atoms with Crippen molar-refractivity contribution in [3.05, 3.63) is 101 Å². The molecule has 0 saturated carbocycles. The summed E-state index contributed by atoms with van der Waals surface area (Å²) >= 11 is 0. The van der Waals surface area contributed by atoms with E-state index in [0.29, 0.717) is 5.84 Å². The van der Waals surface area contributed by atoms with Gasteiger partial charge in [-0.1, -0.05) is 78.4 Å². The minimum Gasteiger partial charge on any atom is -0.572 e. The Balaban J connectivity index is 1.93. The number of anilines is 1. The molecule has 4 heteroatoms. The van der Waals surface area contributed by atoms with Crippen molar-refractivity contribution in [2.45, 2.75) is 6.92 Å². The number of hydrogen-bond acceptors (Lipinski definition) is 2. The van der Waals surface area contributed by atoms with Crippen molar-refractivity contribution in [2.24, 2.45) is 10.8 Å². The Labute approximate surface area is 142 Å². The minimum atomic E-state index is 0.413. The van der Waals surface area contributed by atoms with Crippen molar-refractivity contribution in [3.8, 4) is 0 Å². The number of nitrogens with zero attached hydrogens (tertiary/aromatic N) is 3. The van der Waals surface area contributed by atoms with Gasteiger partial charge in [-0.05, 0) is 19.1 Å². The van der Waals surface area contributed by atoms with Gasteiger partial charge in [-0.3, -0.25) is 0 Å².